The van der Waals surface area contributed by atoms with Crippen molar-refractivity contribution in [2.75, 3.05) is 9.71 Å². The van der Waals surface area contributed by atoms with Crippen molar-refractivity contribution >= 4 is 78.9 Å². The Hall–Kier alpha value is -7.70. The van der Waals surface area contributed by atoms with Crippen LogP contribution in [0.25, 0.3) is 55.0 Å². The predicted octanol–water partition coefficient (Wildman–Crippen LogP) is 17.0. The van der Waals surface area contributed by atoms with Gasteiger partial charge in [0.2, 0.25) is 0 Å². The number of fused-ring (bicyclic) bond motifs is 13. The van der Waals surface area contributed by atoms with Crippen LogP contribution in [0.4, 0.5) is 28.4 Å². The smallest absolute Gasteiger partial charge is 0.333 e. The Morgan fingerprint density at radius 2 is 1.17 bits per heavy atom. The van der Waals surface area contributed by atoms with E-state index in [0.29, 0.717) is 23.0 Å². The maximum absolute atomic E-state index is 7.18. The minimum absolute atomic E-state index is 0.0104. The summed E-state index contributed by atoms with van der Waals surface area (Å²) in [5, 5.41) is 4.58. The molecule has 0 amide bonds. The molecule has 14 rings (SSSR count). The van der Waals surface area contributed by atoms with Crippen LogP contribution in [0.5, 0.6) is 23.0 Å². The lowest BCUT2D eigenvalue weighted by Crippen LogP contribution is -2.61. The lowest BCUT2D eigenvalue weighted by molar-refractivity contribution is 0.332. The molecule has 0 spiro atoms. The molecular formula is C65H55BN2O3. The molecule has 1 aliphatic carbocycles. The summed E-state index contributed by atoms with van der Waals surface area (Å²) < 4.78 is 20.9. The van der Waals surface area contributed by atoms with E-state index in [-0.39, 0.29) is 23.1 Å². The maximum Gasteiger partial charge on any atom is 0.333 e. The van der Waals surface area contributed by atoms with Crippen molar-refractivity contribution in [2.45, 2.75) is 84.5 Å². The Morgan fingerprint density at radius 3 is 1.92 bits per heavy atom. The summed E-state index contributed by atoms with van der Waals surface area (Å²) in [5.41, 5.74) is 19.7. The zero-order valence-corrected chi connectivity index (χ0v) is 41.7. The minimum Gasteiger partial charge on any atom is -0.455 e. The first kappa shape index (κ1) is 42.2. The molecular weight excluding hydrogens is 868 g/mol. The van der Waals surface area contributed by atoms with Gasteiger partial charge < -0.3 is 23.6 Å². The molecule has 3 aliphatic heterocycles. The highest BCUT2D eigenvalue weighted by atomic mass is 16.6. The Morgan fingerprint density at radius 1 is 0.521 bits per heavy atom. The van der Waals surface area contributed by atoms with Crippen LogP contribution in [0, 0.1) is 6.92 Å². The van der Waals surface area contributed by atoms with Crippen molar-refractivity contribution in [1.82, 2.24) is 0 Å². The fourth-order valence-electron chi connectivity index (χ4n) is 12.5. The molecule has 9 aromatic carbocycles. The summed E-state index contributed by atoms with van der Waals surface area (Å²) in [6.07, 6.45) is 2.27. The second-order valence-electron chi connectivity index (χ2n) is 22.8. The van der Waals surface area contributed by atoms with Crippen LogP contribution >= 0.6 is 0 Å². The quantitative estimate of drug-likeness (QED) is 0.165. The number of hydrogen-bond donors (Lipinski definition) is 0. The highest BCUT2D eigenvalue weighted by molar-refractivity contribution is 6.94. The fourth-order valence-corrected chi connectivity index (χ4v) is 12.5. The first-order chi connectivity index (χ1) is 34.2. The molecule has 71 heavy (non-hydrogen) atoms. The van der Waals surface area contributed by atoms with Gasteiger partial charge >= 0.3 is 6.85 Å². The van der Waals surface area contributed by atoms with Gasteiger partial charge in [-0.3, -0.25) is 0 Å². The van der Waals surface area contributed by atoms with Gasteiger partial charge in [0, 0.05) is 56.4 Å². The van der Waals surface area contributed by atoms with Gasteiger partial charge in [-0.1, -0.05) is 146 Å². The Bertz CT molecular complexity index is 3910. The number of rotatable bonds is 3. The first-order valence-electron chi connectivity index (χ1n) is 25.3. The third kappa shape index (κ3) is 6.13. The molecule has 346 valence electrons. The summed E-state index contributed by atoms with van der Waals surface area (Å²) in [6.45, 7) is 18.6. The number of anilines is 5. The number of benzene rings is 9. The van der Waals surface area contributed by atoms with Crippen LogP contribution in [-0.2, 0) is 16.2 Å². The molecule has 1 aromatic heterocycles. The molecule has 4 heterocycles. The number of hydrogen-bond acceptors (Lipinski definition) is 5. The molecule has 5 nitrogen and oxygen atoms in total. The van der Waals surface area contributed by atoms with Crippen molar-refractivity contribution in [3.8, 4) is 45.3 Å². The largest absolute Gasteiger partial charge is 0.455 e. The number of furan rings is 1. The van der Waals surface area contributed by atoms with Gasteiger partial charge in [0.25, 0.3) is 0 Å². The molecule has 10 aromatic rings. The second kappa shape index (κ2) is 14.7. The average molecular weight is 923 g/mol. The molecule has 0 bridgehead atoms. The standard InChI is InChI=1S/C65H55BN2O3/c1-38-32-46-47(65(7,8)31-30-64(46,5)6)35-51(38)67-52-37-58-57(69-55-24-16-17-25-56(55)70-58)36-48(52)66-61-53(67)33-40-20-12-13-21-42(40)59(61)60-50(29-27-44-43-22-14-15-23-54(43)71-62(44)60)68(66)49-28-26-41(63(2,3)4)34-45(49)39-18-10-9-11-19-39/h9-29,32-37H,30-31H2,1-8H3. The van der Waals surface area contributed by atoms with Crippen LogP contribution in [-0.4, -0.2) is 6.85 Å². The number of aryl methyl sites for hydroxylation is 1. The zero-order valence-electron chi connectivity index (χ0n) is 41.7. The van der Waals surface area contributed by atoms with Crippen molar-refractivity contribution < 1.29 is 13.9 Å². The van der Waals surface area contributed by atoms with E-state index in [1.807, 2.05) is 24.3 Å². The molecule has 0 unspecified atom stereocenters. The maximum atomic E-state index is 7.18. The Labute approximate surface area is 416 Å². The summed E-state index contributed by atoms with van der Waals surface area (Å²) in [5.74, 6) is 2.81. The fraction of sp³-hybridized carbons (Fsp3) is 0.200. The van der Waals surface area contributed by atoms with Crippen LogP contribution in [0.3, 0.4) is 0 Å². The summed E-state index contributed by atoms with van der Waals surface area (Å²) >= 11 is 0. The van der Waals surface area contributed by atoms with Gasteiger partial charge in [0.1, 0.15) is 11.2 Å². The van der Waals surface area contributed by atoms with Gasteiger partial charge in [0.15, 0.2) is 23.0 Å². The lowest BCUT2D eigenvalue weighted by Gasteiger charge is -2.48. The molecule has 0 atom stereocenters. The van der Waals surface area contributed by atoms with E-state index in [2.05, 4.69) is 205 Å². The highest BCUT2D eigenvalue weighted by Crippen LogP contribution is 2.57. The van der Waals surface area contributed by atoms with E-state index >= 15 is 0 Å². The third-order valence-electron chi connectivity index (χ3n) is 16.4. The molecule has 0 radical (unpaired) electrons. The van der Waals surface area contributed by atoms with Crippen molar-refractivity contribution in [2.24, 2.45) is 0 Å². The third-order valence-corrected chi connectivity index (χ3v) is 16.4. The monoisotopic (exact) mass is 922 g/mol. The molecule has 0 N–H and O–H groups in total. The molecule has 4 aliphatic rings. The highest BCUT2D eigenvalue weighted by Gasteiger charge is 2.49. The zero-order chi connectivity index (χ0) is 48.3. The number of nitrogens with zero attached hydrogens (tertiary/aromatic N) is 2. The van der Waals surface area contributed by atoms with E-state index in [4.69, 9.17) is 13.9 Å². The van der Waals surface area contributed by atoms with Crippen LogP contribution in [0.15, 0.2) is 168 Å². The topological polar surface area (TPSA) is 38.1 Å². The van der Waals surface area contributed by atoms with Crippen LogP contribution in [0.2, 0.25) is 0 Å². The SMILES string of the molecule is Cc1cc2c(cc1N1c3cc4c(cc3B3c5c1cc1ccccc1c5-c1c(ccc5c1oc1ccccc15)N3c1ccc(C(C)(C)C)cc1-c1ccccc1)Oc1ccccc1O4)C(C)(C)CCC2(C)C. The predicted molar refractivity (Wildman–Crippen MR) is 296 cm³/mol. The second-order valence-corrected chi connectivity index (χ2v) is 22.8. The molecule has 0 fully saturated rings. The summed E-state index contributed by atoms with van der Waals surface area (Å²) in [6, 6.07) is 60.2. The summed E-state index contributed by atoms with van der Waals surface area (Å²) in [7, 11) is 0. The van der Waals surface area contributed by atoms with Crippen molar-refractivity contribution in [1.29, 1.82) is 0 Å². The Kier molecular flexibility index (Phi) is 8.73. The number of ether oxygens (including phenoxy) is 2. The lowest BCUT2D eigenvalue weighted by atomic mass is 9.43. The van der Waals surface area contributed by atoms with Crippen LogP contribution < -0.4 is 30.1 Å². The van der Waals surface area contributed by atoms with E-state index in [1.54, 1.807) is 0 Å². The van der Waals surface area contributed by atoms with Gasteiger partial charge in [-0.05, 0) is 152 Å². The van der Waals surface area contributed by atoms with E-state index in [1.165, 1.54) is 55.3 Å². The van der Waals surface area contributed by atoms with E-state index in [9.17, 15) is 0 Å². The Balaban J connectivity index is 1.16. The molecule has 6 heteroatoms. The van der Waals surface area contributed by atoms with Gasteiger partial charge in [0.05, 0.1) is 0 Å². The van der Waals surface area contributed by atoms with Gasteiger partial charge in [-0.2, -0.15) is 0 Å². The first-order valence-corrected chi connectivity index (χ1v) is 25.3. The molecule has 0 saturated heterocycles. The molecule has 0 saturated carbocycles. The summed E-state index contributed by atoms with van der Waals surface area (Å²) in [4.78, 5) is 5.19. The van der Waals surface area contributed by atoms with Gasteiger partial charge in [-0.25, -0.2) is 0 Å². The van der Waals surface area contributed by atoms with Gasteiger partial charge in [-0.15, -0.1) is 0 Å². The van der Waals surface area contributed by atoms with Crippen LogP contribution in [0.1, 0.15) is 83.6 Å². The number of para-hydroxylation sites is 3. The van der Waals surface area contributed by atoms with E-state index in [0.717, 1.165) is 74.1 Å². The normalized spacial score (nSPS) is 15.9. The van der Waals surface area contributed by atoms with Crippen molar-refractivity contribution in [3.63, 3.8) is 0 Å². The minimum atomic E-state index is -0.312. The van der Waals surface area contributed by atoms with E-state index < -0.39 is 0 Å². The average Bonchev–Trinajstić information content (AvgIpc) is 3.76. The van der Waals surface area contributed by atoms with Crippen molar-refractivity contribution in [3.05, 3.63) is 186 Å².